The van der Waals surface area contributed by atoms with Gasteiger partial charge in [0.25, 0.3) is 0 Å². The Morgan fingerprint density at radius 1 is 1.04 bits per heavy atom. The van der Waals surface area contributed by atoms with Crippen LogP contribution in [0, 0.1) is 0 Å². The molecule has 28 heavy (non-hydrogen) atoms. The molecule has 7 nitrogen and oxygen atoms in total. The normalized spacial score (nSPS) is 16.6. The van der Waals surface area contributed by atoms with Crippen molar-refractivity contribution in [2.24, 2.45) is 0 Å². The molecule has 0 saturated carbocycles. The lowest BCUT2D eigenvalue weighted by Gasteiger charge is -2.24. The van der Waals surface area contributed by atoms with Crippen molar-refractivity contribution in [3.8, 4) is 0 Å². The summed E-state index contributed by atoms with van der Waals surface area (Å²) in [6.07, 6.45) is 2.76. The molecule has 148 valence electrons. The van der Waals surface area contributed by atoms with Crippen molar-refractivity contribution >= 4 is 33.2 Å². The Morgan fingerprint density at radius 3 is 2.32 bits per heavy atom. The second kappa shape index (κ2) is 8.43. The highest BCUT2D eigenvalue weighted by atomic mass is 32.2. The van der Waals surface area contributed by atoms with Crippen LogP contribution in [0.2, 0.25) is 0 Å². The van der Waals surface area contributed by atoms with Crippen LogP contribution in [-0.2, 0) is 26.0 Å². The maximum Gasteiger partial charge on any atom is 0.247 e. The molecule has 0 spiro atoms. The number of anilines is 2. The molecule has 0 radical (unpaired) electrons. The Bertz CT molecular complexity index is 943. The van der Waals surface area contributed by atoms with E-state index in [9.17, 15) is 18.0 Å². The molecule has 2 amide bonds. The number of nitrogens with zero attached hydrogens (tertiary/aromatic N) is 1. The minimum atomic E-state index is -3.35. The second-order valence-electron chi connectivity index (χ2n) is 6.85. The number of sulfonamides is 1. The van der Waals surface area contributed by atoms with Crippen LogP contribution in [-0.4, -0.2) is 44.0 Å². The number of amides is 2. The first-order valence-electron chi connectivity index (χ1n) is 9.04. The molecule has 3 rings (SSSR count). The van der Waals surface area contributed by atoms with E-state index in [2.05, 4.69) is 10.0 Å². The monoisotopic (exact) mass is 401 g/mol. The quantitative estimate of drug-likeness (QED) is 0.776. The zero-order valence-corrected chi connectivity index (χ0v) is 16.4. The van der Waals surface area contributed by atoms with E-state index < -0.39 is 16.1 Å². The number of hydrogen-bond acceptors (Lipinski definition) is 4. The number of nitrogens with one attached hydrogen (secondary N) is 2. The lowest BCUT2D eigenvalue weighted by molar-refractivity contribution is -0.136. The fraction of sp³-hybridized carbons (Fsp3) is 0.300. The number of carbonyl (C=O) groups is 2. The van der Waals surface area contributed by atoms with E-state index in [-0.39, 0.29) is 18.2 Å². The van der Waals surface area contributed by atoms with Crippen LogP contribution < -0.4 is 10.0 Å². The Balaban J connectivity index is 1.62. The highest BCUT2D eigenvalue weighted by molar-refractivity contribution is 7.92. The third kappa shape index (κ3) is 5.32. The van der Waals surface area contributed by atoms with Gasteiger partial charge >= 0.3 is 0 Å². The molecule has 1 aliphatic heterocycles. The zero-order chi connectivity index (χ0) is 20.1. The largest absolute Gasteiger partial charge is 0.330 e. The van der Waals surface area contributed by atoms with Crippen LogP contribution in [0.3, 0.4) is 0 Å². The molecule has 0 aliphatic carbocycles. The lowest BCUT2D eigenvalue weighted by atomic mass is 10.1. The molecule has 1 heterocycles. The van der Waals surface area contributed by atoms with Gasteiger partial charge in [0.05, 0.1) is 12.7 Å². The Labute approximate surface area is 164 Å². The Morgan fingerprint density at radius 2 is 1.68 bits per heavy atom. The molecular weight excluding hydrogens is 378 g/mol. The van der Waals surface area contributed by atoms with Gasteiger partial charge in [0.1, 0.15) is 6.04 Å². The Kier molecular flexibility index (Phi) is 5.99. The van der Waals surface area contributed by atoms with E-state index in [0.717, 1.165) is 18.2 Å². The maximum atomic E-state index is 12.7. The van der Waals surface area contributed by atoms with Crippen LogP contribution in [0.15, 0.2) is 54.6 Å². The van der Waals surface area contributed by atoms with Gasteiger partial charge in [-0.15, -0.1) is 0 Å². The molecule has 2 aromatic carbocycles. The predicted molar refractivity (Wildman–Crippen MR) is 108 cm³/mol. The molecule has 1 saturated heterocycles. The number of carbonyl (C=O) groups excluding carboxylic acids is 2. The highest BCUT2D eigenvalue weighted by Gasteiger charge is 2.33. The Hall–Kier alpha value is -2.87. The molecule has 1 atom stereocenters. The van der Waals surface area contributed by atoms with Gasteiger partial charge in [-0.25, -0.2) is 8.42 Å². The van der Waals surface area contributed by atoms with Gasteiger partial charge in [-0.05, 0) is 42.7 Å². The van der Waals surface area contributed by atoms with Crippen molar-refractivity contribution in [2.45, 2.75) is 25.3 Å². The summed E-state index contributed by atoms with van der Waals surface area (Å²) in [6, 6.07) is 15.4. The first-order valence-corrected chi connectivity index (χ1v) is 10.9. The van der Waals surface area contributed by atoms with E-state index in [0.29, 0.717) is 24.3 Å². The van der Waals surface area contributed by atoms with E-state index in [4.69, 9.17) is 0 Å². The average molecular weight is 401 g/mol. The molecule has 0 unspecified atom stereocenters. The molecule has 1 aliphatic rings. The van der Waals surface area contributed by atoms with Gasteiger partial charge in [0, 0.05) is 17.9 Å². The van der Waals surface area contributed by atoms with Gasteiger partial charge in [-0.2, -0.15) is 0 Å². The van der Waals surface area contributed by atoms with Crippen molar-refractivity contribution in [1.29, 1.82) is 0 Å². The fourth-order valence-corrected chi connectivity index (χ4v) is 3.84. The van der Waals surface area contributed by atoms with Gasteiger partial charge in [0.2, 0.25) is 21.8 Å². The summed E-state index contributed by atoms with van der Waals surface area (Å²) < 4.78 is 24.9. The summed E-state index contributed by atoms with van der Waals surface area (Å²) in [5, 5.41) is 2.81. The molecule has 8 heteroatoms. The van der Waals surface area contributed by atoms with Crippen molar-refractivity contribution in [3.05, 3.63) is 60.2 Å². The molecule has 2 N–H and O–H groups in total. The third-order valence-electron chi connectivity index (χ3n) is 4.53. The number of benzene rings is 2. The summed E-state index contributed by atoms with van der Waals surface area (Å²) in [6.45, 7) is 0.570. The van der Waals surface area contributed by atoms with Gasteiger partial charge < -0.3 is 10.2 Å². The summed E-state index contributed by atoms with van der Waals surface area (Å²) in [4.78, 5) is 27.0. The zero-order valence-electron chi connectivity index (χ0n) is 15.6. The second-order valence-corrected chi connectivity index (χ2v) is 8.60. The standard InChI is InChI=1S/C20H23N3O4S/c1-28(26,27)22-17-11-9-16(10-12-17)21-20(25)18-8-5-13-23(18)19(24)14-15-6-3-2-4-7-15/h2-4,6-7,9-12,18,22H,5,8,13-14H2,1H3,(H,21,25)/t18-/m1/s1. The van der Waals surface area contributed by atoms with Gasteiger partial charge in [0.15, 0.2) is 0 Å². The number of rotatable bonds is 6. The highest BCUT2D eigenvalue weighted by Crippen LogP contribution is 2.21. The topological polar surface area (TPSA) is 95.6 Å². The first-order chi connectivity index (χ1) is 13.3. The SMILES string of the molecule is CS(=O)(=O)Nc1ccc(NC(=O)[C@H]2CCCN2C(=O)Cc2ccccc2)cc1. The van der Waals surface area contributed by atoms with Crippen molar-refractivity contribution in [1.82, 2.24) is 4.90 Å². The van der Waals surface area contributed by atoms with Crippen LogP contribution in [0.5, 0.6) is 0 Å². The molecule has 2 aromatic rings. The van der Waals surface area contributed by atoms with Crippen molar-refractivity contribution < 1.29 is 18.0 Å². The van der Waals surface area contributed by atoms with Crippen LogP contribution >= 0.6 is 0 Å². The summed E-state index contributed by atoms with van der Waals surface area (Å²) in [7, 11) is -3.35. The number of likely N-dealkylation sites (tertiary alicyclic amines) is 1. The predicted octanol–water partition coefficient (Wildman–Crippen LogP) is 2.23. The lowest BCUT2D eigenvalue weighted by Crippen LogP contribution is -2.43. The summed E-state index contributed by atoms with van der Waals surface area (Å²) in [5.74, 6) is -0.292. The first kappa shape index (κ1) is 19.9. The van der Waals surface area contributed by atoms with Crippen LogP contribution in [0.25, 0.3) is 0 Å². The van der Waals surface area contributed by atoms with E-state index >= 15 is 0 Å². The maximum absolute atomic E-state index is 12.7. The fourth-order valence-electron chi connectivity index (χ4n) is 3.27. The molecule has 1 fully saturated rings. The van der Waals surface area contributed by atoms with Gasteiger partial charge in [-0.1, -0.05) is 30.3 Å². The summed E-state index contributed by atoms with van der Waals surface area (Å²) >= 11 is 0. The summed E-state index contributed by atoms with van der Waals surface area (Å²) in [5.41, 5.74) is 1.89. The van der Waals surface area contributed by atoms with Crippen molar-refractivity contribution in [2.75, 3.05) is 22.8 Å². The van der Waals surface area contributed by atoms with Gasteiger partial charge in [-0.3, -0.25) is 14.3 Å². The smallest absolute Gasteiger partial charge is 0.247 e. The average Bonchev–Trinajstić information content (AvgIpc) is 3.13. The molecular formula is C20H23N3O4S. The van der Waals surface area contributed by atoms with E-state index in [1.807, 2.05) is 30.3 Å². The third-order valence-corrected chi connectivity index (χ3v) is 5.14. The van der Waals surface area contributed by atoms with Crippen LogP contribution in [0.1, 0.15) is 18.4 Å². The minimum Gasteiger partial charge on any atom is -0.330 e. The van der Waals surface area contributed by atoms with E-state index in [1.54, 1.807) is 29.2 Å². The van der Waals surface area contributed by atoms with Crippen molar-refractivity contribution in [3.63, 3.8) is 0 Å². The van der Waals surface area contributed by atoms with E-state index in [1.165, 1.54) is 0 Å². The molecule has 0 aromatic heterocycles. The molecule has 0 bridgehead atoms. The minimum absolute atomic E-state index is 0.0587. The number of hydrogen-bond donors (Lipinski definition) is 2. The van der Waals surface area contributed by atoms with Crippen LogP contribution in [0.4, 0.5) is 11.4 Å².